The fraction of sp³-hybridized carbons (Fsp3) is 0.486. The largest absolute Gasteiger partial charge is 0.384 e. The van der Waals surface area contributed by atoms with Gasteiger partial charge in [-0.3, -0.25) is 4.90 Å². The molecule has 4 N–H and O–H groups in total. The van der Waals surface area contributed by atoms with E-state index in [0.29, 0.717) is 51.5 Å². The number of hydrogen-bond acceptors (Lipinski definition) is 7. The maximum Gasteiger partial charge on any atom is 0.320 e. The molecule has 1 aliphatic carbocycles. The molecule has 0 spiro atoms. The van der Waals surface area contributed by atoms with Crippen LogP contribution in [0.5, 0.6) is 0 Å². The predicted molar refractivity (Wildman–Crippen MR) is 173 cm³/mol. The second kappa shape index (κ2) is 16.6. The summed E-state index contributed by atoms with van der Waals surface area (Å²) in [5, 5.41) is 15.5. The number of nitrogens with zero attached hydrogens (tertiary/aromatic N) is 4. The lowest BCUT2D eigenvalue weighted by molar-refractivity contribution is 0.0292. The molecule has 1 aliphatic heterocycles. The molecule has 10 nitrogen and oxygen atoms in total. The first kappa shape index (κ1) is 32.7. The van der Waals surface area contributed by atoms with Gasteiger partial charge < -0.3 is 35.1 Å². The number of benzene rings is 2. The summed E-state index contributed by atoms with van der Waals surface area (Å²) in [7, 11) is 0. The van der Waals surface area contributed by atoms with Gasteiger partial charge in [-0.15, -0.1) is 0 Å². The molecule has 1 fully saturated rings. The van der Waals surface area contributed by atoms with E-state index in [-0.39, 0.29) is 12.1 Å². The van der Waals surface area contributed by atoms with Crippen molar-refractivity contribution in [2.75, 3.05) is 13.4 Å². The lowest BCUT2D eigenvalue weighted by atomic mass is 9.83. The Kier molecular flexibility index (Phi) is 12.0. The van der Waals surface area contributed by atoms with Gasteiger partial charge in [-0.2, -0.15) is 0 Å². The van der Waals surface area contributed by atoms with E-state index in [1.807, 2.05) is 82.5 Å². The minimum atomic E-state index is -0.810. The summed E-state index contributed by atoms with van der Waals surface area (Å²) in [6.07, 6.45) is 12.2. The van der Waals surface area contributed by atoms with Crippen LogP contribution in [0.2, 0.25) is 0 Å². The summed E-state index contributed by atoms with van der Waals surface area (Å²) in [6.45, 7) is 4.07. The van der Waals surface area contributed by atoms with Crippen LogP contribution in [0.1, 0.15) is 74.9 Å². The zero-order valence-corrected chi connectivity index (χ0v) is 26.3. The van der Waals surface area contributed by atoms with Crippen molar-refractivity contribution in [3.8, 4) is 0 Å². The number of ether oxygens (including phenoxy) is 2. The van der Waals surface area contributed by atoms with E-state index in [4.69, 9.17) is 15.2 Å². The van der Waals surface area contributed by atoms with Crippen molar-refractivity contribution in [1.29, 1.82) is 0 Å². The summed E-state index contributed by atoms with van der Waals surface area (Å²) < 4.78 is 13.9. The second-order valence-electron chi connectivity index (χ2n) is 12.4. The van der Waals surface area contributed by atoms with Gasteiger partial charge in [-0.05, 0) is 30.4 Å². The summed E-state index contributed by atoms with van der Waals surface area (Å²) in [5.41, 5.74) is 8.79. The number of aromatic nitrogens is 2. The zero-order valence-electron chi connectivity index (χ0n) is 26.3. The van der Waals surface area contributed by atoms with Crippen LogP contribution in [0.25, 0.3) is 0 Å². The van der Waals surface area contributed by atoms with Crippen LogP contribution in [0.3, 0.4) is 0 Å². The molecule has 2 aromatic carbocycles. The summed E-state index contributed by atoms with van der Waals surface area (Å²) in [5.74, 6) is 1.15. The van der Waals surface area contributed by atoms with Gasteiger partial charge in [0, 0.05) is 42.8 Å². The Hall–Kier alpha value is -3.70. The normalized spacial score (nSPS) is 17.7. The highest BCUT2D eigenvalue weighted by Gasteiger charge is 2.31. The molecule has 45 heavy (non-hydrogen) atoms. The summed E-state index contributed by atoms with van der Waals surface area (Å²) in [6, 6.07) is 19.4. The predicted octanol–water partition coefficient (Wildman–Crippen LogP) is 5.47. The second-order valence-corrected chi connectivity index (χ2v) is 12.4. The fourth-order valence-electron chi connectivity index (χ4n) is 6.38. The number of aliphatic hydroxyl groups is 1. The van der Waals surface area contributed by atoms with Gasteiger partial charge in [0.1, 0.15) is 32.1 Å². The van der Waals surface area contributed by atoms with Crippen LogP contribution >= 0.6 is 0 Å². The van der Waals surface area contributed by atoms with Crippen LogP contribution in [-0.2, 0) is 29.4 Å². The fourth-order valence-corrected chi connectivity index (χ4v) is 6.38. The maximum atomic E-state index is 12.0. The number of imidazole rings is 1. The molecule has 0 radical (unpaired) electrons. The number of hydrogen-bond donors (Lipinski definition) is 3. The molecule has 2 heterocycles. The van der Waals surface area contributed by atoms with Crippen molar-refractivity contribution in [3.63, 3.8) is 0 Å². The van der Waals surface area contributed by atoms with Crippen LogP contribution in [-0.4, -0.2) is 56.0 Å². The van der Waals surface area contributed by atoms with Crippen LogP contribution < -0.4 is 11.1 Å². The number of nitrogens with two attached hydrogens (primary N) is 1. The smallest absolute Gasteiger partial charge is 0.320 e. The van der Waals surface area contributed by atoms with Gasteiger partial charge in [0.15, 0.2) is 0 Å². The summed E-state index contributed by atoms with van der Waals surface area (Å²) in [4.78, 5) is 20.2. The summed E-state index contributed by atoms with van der Waals surface area (Å²) >= 11 is 0. The Morgan fingerprint density at radius 3 is 2.29 bits per heavy atom. The van der Waals surface area contributed by atoms with Gasteiger partial charge in [0.25, 0.3) is 0 Å². The Morgan fingerprint density at radius 2 is 1.64 bits per heavy atom. The van der Waals surface area contributed by atoms with E-state index in [9.17, 15) is 9.90 Å². The van der Waals surface area contributed by atoms with Gasteiger partial charge in [-0.25, -0.2) is 9.78 Å². The number of rotatable bonds is 16. The van der Waals surface area contributed by atoms with Crippen LogP contribution in [0, 0.1) is 5.92 Å². The van der Waals surface area contributed by atoms with Crippen LogP contribution in [0.4, 0.5) is 4.79 Å². The van der Waals surface area contributed by atoms with Crippen molar-refractivity contribution in [2.45, 2.75) is 90.0 Å². The molecule has 3 atom stereocenters. The number of carbonyl (C=O) groups is 1. The van der Waals surface area contributed by atoms with E-state index in [1.165, 1.54) is 37.0 Å². The molecule has 10 heteroatoms. The number of amides is 2. The average molecular weight is 617 g/mol. The number of nitrogens with one attached hydrogen (secondary N) is 1. The Balaban J connectivity index is 1.23. The van der Waals surface area contributed by atoms with E-state index < -0.39 is 12.1 Å². The highest BCUT2D eigenvalue weighted by Crippen LogP contribution is 2.31. The first-order valence-corrected chi connectivity index (χ1v) is 16.2. The SMILES string of the molecule is C[C@H](CC1=CN(C(N)=O)CN1COCc1ccccc1)N[C@@H](CC1CCCCC1)[C@@H](O)c1nccn1COCc1ccccc1. The molecule has 1 aromatic heterocycles. The monoisotopic (exact) mass is 616 g/mol. The van der Waals surface area contributed by atoms with E-state index in [1.54, 1.807) is 6.20 Å². The third-order valence-electron chi connectivity index (χ3n) is 8.74. The van der Waals surface area contributed by atoms with Gasteiger partial charge in [-0.1, -0.05) is 92.8 Å². The molecule has 3 aromatic rings. The third-order valence-corrected chi connectivity index (χ3v) is 8.74. The molecule has 0 unspecified atom stereocenters. The first-order chi connectivity index (χ1) is 22.0. The number of carbonyl (C=O) groups excluding carboxylic acids is 1. The molecular formula is C35H48N6O4. The Labute approximate surface area is 266 Å². The Morgan fingerprint density at radius 1 is 1.00 bits per heavy atom. The van der Waals surface area contributed by atoms with Gasteiger partial charge in [0.05, 0.1) is 13.2 Å². The highest BCUT2D eigenvalue weighted by molar-refractivity contribution is 5.73. The molecule has 2 amide bonds. The molecule has 1 saturated carbocycles. The molecule has 0 bridgehead atoms. The topological polar surface area (TPSA) is 118 Å². The molecule has 5 rings (SSSR count). The molecule has 242 valence electrons. The number of urea groups is 1. The van der Waals surface area contributed by atoms with Crippen LogP contribution in [0.15, 0.2) is 85.0 Å². The third kappa shape index (κ3) is 9.64. The highest BCUT2D eigenvalue weighted by atomic mass is 16.5. The van der Waals surface area contributed by atoms with Crippen molar-refractivity contribution >= 4 is 6.03 Å². The average Bonchev–Trinajstić information content (AvgIpc) is 3.69. The van der Waals surface area contributed by atoms with Gasteiger partial charge >= 0.3 is 6.03 Å². The molecule has 2 aliphatic rings. The zero-order chi connectivity index (χ0) is 31.4. The lowest BCUT2D eigenvalue weighted by Gasteiger charge is -2.33. The Bertz CT molecular complexity index is 1340. The van der Waals surface area contributed by atoms with Crippen molar-refractivity contribution in [3.05, 3.63) is 102 Å². The van der Waals surface area contributed by atoms with Gasteiger partial charge in [0.2, 0.25) is 0 Å². The van der Waals surface area contributed by atoms with Crippen molar-refractivity contribution in [1.82, 2.24) is 24.7 Å². The van der Waals surface area contributed by atoms with E-state index in [2.05, 4.69) is 17.2 Å². The lowest BCUT2D eigenvalue weighted by Crippen LogP contribution is -2.43. The quantitative estimate of drug-likeness (QED) is 0.195. The maximum absolute atomic E-state index is 12.0. The first-order valence-electron chi connectivity index (χ1n) is 16.2. The standard InChI is InChI=1S/C35H48N6O4/c1-27(19-31-21-40(35(36)43)24-41(31)26-45-23-30-15-9-4-10-16-30)38-32(20-28-11-5-2-6-12-28)33(42)34-37-17-18-39(34)25-44-22-29-13-7-3-8-14-29/h3-4,7-10,13-18,21,27-28,32-33,38,42H,2,5-6,11-12,19-20,22-26H2,1H3,(H2,36,43)/t27-,32+,33-/m1/s1. The minimum Gasteiger partial charge on any atom is -0.384 e. The number of aliphatic hydroxyl groups excluding tert-OH is 1. The van der Waals surface area contributed by atoms with Crippen molar-refractivity contribution in [2.24, 2.45) is 11.7 Å². The van der Waals surface area contributed by atoms with Crippen molar-refractivity contribution < 1.29 is 19.4 Å². The minimum absolute atomic E-state index is 0.00156. The van der Waals surface area contributed by atoms with E-state index in [0.717, 1.165) is 23.2 Å². The number of primary amides is 1. The molecule has 0 saturated heterocycles. The van der Waals surface area contributed by atoms with E-state index >= 15 is 0 Å². The molecular weight excluding hydrogens is 568 g/mol.